The Kier molecular flexibility index (Phi) is 5.46. The molecule has 1 aromatic carbocycles. The molecule has 0 saturated heterocycles. The number of methoxy groups -OCH3 is 1. The zero-order valence-electron chi connectivity index (χ0n) is 12.1. The van der Waals surface area contributed by atoms with E-state index in [-0.39, 0.29) is 5.91 Å². The number of benzene rings is 1. The Bertz CT molecular complexity index is 468. The Morgan fingerprint density at radius 1 is 1.35 bits per heavy atom. The lowest BCUT2D eigenvalue weighted by molar-refractivity contribution is 0.0939. The minimum absolute atomic E-state index is 0.0482. The van der Waals surface area contributed by atoms with Crippen molar-refractivity contribution >= 4 is 21.8 Å². The first-order chi connectivity index (χ1) is 9.60. The average Bonchev–Trinajstić information content (AvgIpc) is 2.46. The molecule has 0 atom stereocenters. The van der Waals surface area contributed by atoms with Gasteiger partial charge in [0, 0.05) is 11.0 Å². The van der Waals surface area contributed by atoms with Crippen molar-refractivity contribution in [2.24, 2.45) is 11.8 Å². The SMILES string of the molecule is COc1cc(Br)ccc1C(=O)NCC1CCC(C)CC1. The van der Waals surface area contributed by atoms with E-state index in [2.05, 4.69) is 28.2 Å². The van der Waals surface area contributed by atoms with Gasteiger partial charge in [-0.2, -0.15) is 0 Å². The third kappa shape index (κ3) is 3.98. The van der Waals surface area contributed by atoms with Crippen molar-refractivity contribution in [3.8, 4) is 5.75 Å². The third-order valence-corrected chi connectivity index (χ3v) is 4.59. The van der Waals surface area contributed by atoms with Crippen molar-refractivity contribution in [1.82, 2.24) is 5.32 Å². The summed E-state index contributed by atoms with van der Waals surface area (Å²) in [7, 11) is 1.58. The topological polar surface area (TPSA) is 38.3 Å². The second-order valence-electron chi connectivity index (χ2n) is 5.68. The van der Waals surface area contributed by atoms with Crippen LogP contribution in [0.15, 0.2) is 22.7 Å². The Morgan fingerprint density at radius 2 is 2.05 bits per heavy atom. The predicted octanol–water partition coefficient (Wildman–Crippen LogP) is 4.01. The smallest absolute Gasteiger partial charge is 0.255 e. The first kappa shape index (κ1) is 15.4. The van der Waals surface area contributed by atoms with Gasteiger partial charge in [0.15, 0.2) is 0 Å². The minimum atomic E-state index is -0.0482. The normalized spacial score (nSPS) is 22.4. The number of rotatable bonds is 4. The molecule has 1 aliphatic carbocycles. The van der Waals surface area contributed by atoms with Gasteiger partial charge in [0.05, 0.1) is 12.7 Å². The number of nitrogens with one attached hydrogen (secondary N) is 1. The van der Waals surface area contributed by atoms with Crippen LogP contribution in [-0.2, 0) is 0 Å². The molecule has 0 radical (unpaired) electrons. The van der Waals surface area contributed by atoms with Gasteiger partial charge in [-0.25, -0.2) is 0 Å². The molecule has 3 nitrogen and oxygen atoms in total. The molecular weight excluding hydrogens is 318 g/mol. The highest BCUT2D eigenvalue weighted by Crippen LogP contribution is 2.28. The summed E-state index contributed by atoms with van der Waals surface area (Å²) in [5.74, 6) is 2.02. The first-order valence-electron chi connectivity index (χ1n) is 7.22. The van der Waals surface area contributed by atoms with E-state index >= 15 is 0 Å². The van der Waals surface area contributed by atoms with Crippen LogP contribution in [0.5, 0.6) is 5.75 Å². The lowest BCUT2D eigenvalue weighted by Crippen LogP contribution is -2.31. The van der Waals surface area contributed by atoms with Gasteiger partial charge >= 0.3 is 0 Å². The predicted molar refractivity (Wildman–Crippen MR) is 84.1 cm³/mol. The van der Waals surface area contributed by atoms with E-state index in [1.54, 1.807) is 13.2 Å². The van der Waals surface area contributed by atoms with Crippen molar-refractivity contribution in [2.75, 3.05) is 13.7 Å². The fourth-order valence-electron chi connectivity index (χ4n) is 2.72. The minimum Gasteiger partial charge on any atom is -0.496 e. The molecule has 1 aromatic rings. The van der Waals surface area contributed by atoms with Crippen LogP contribution in [0, 0.1) is 11.8 Å². The number of amides is 1. The fourth-order valence-corrected chi connectivity index (χ4v) is 3.06. The molecule has 0 spiro atoms. The van der Waals surface area contributed by atoms with Gasteiger partial charge in [-0.1, -0.05) is 35.7 Å². The van der Waals surface area contributed by atoms with Crippen LogP contribution in [0.1, 0.15) is 43.0 Å². The summed E-state index contributed by atoms with van der Waals surface area (Å²) in [4.78, 5) is 12.2. The lowest BCUT2D eigenvalue weighted by Gasteiger charge is -2.26. The van der Waals surface area contributed by atoms with Crippen LogP contribution < -0.4 is 10.1 Å². The lowest BCUT2D eigenvalue weighted by atomic mass is 9.83. The summed E-state index contributed by atoms with van der Waals surface area (Å²) in [5.41, 5.74) is 0.597. The molecule has 0 heterocycles. The molecule has 1 saturated carbocycles. The van der Waals surface area contributed by atoms with Gasteiger partial charge in [0.1, 0.15) is 5.75 Å². The van der Waals surface area contributed by atoms with Crippen LogP contribution in [0.2, 0.25) is 0 Å². The van der Waals surface area contributed by atoms with Gasteiger partial charge in [0.25, 0.3) is 5.91 Å². The van der Waals surface area contributed by atoms with E-state index in [1.807, 2.05) is 12.1 Å². The van der Waals surface area contributed by atoms with Crippen molar-refractivity contribution in [2.45, 2.75) is 32.6 Å². The number of hydrogen-bond acceptors (Lipinski definition) is 2. The zero-order chi connectivity index (χ0) is 14.5. The third-order valence-electron chi connectivity index (χ3n) is 4.09. The van der Waals surface area contributed by atoms with Gasteiger partial charge in [-0.3, -0.25) is 4.79 Å². The molecule has 1 amide bonds. The molecule has 1 aliphatic rings. The molecule has 110 valence electrons. The van der Waals surface area contributed by atoms with Crippen molar-refractivity contribution in [3.63, 3.8) is 0 Å². The van der Waals surface area contributed by atoms with Crippen molar-refractivity contribution < 1.29 is 9.53 Å². The van der Waals surface area contributed by atoms with E-state index in [1.165, 1.54) is 25.7 Å². The maximum atomic E-state index is 12.2. The maximum Gasteiger partial charge on any atom is 0.255 e. The summed E-state index contributed by atoms with van der Waals surface area (Å²) in [6, 6.07) is 5.47. The van der Waals surface area contributed by atoms with Crippen molar-refractivity contribution in [3.05, 3.63) is 28.2 Å². The van der Waals surface area contributed by atoms with E-state index < -0.39 is 0 Å². The highest BCUT2D eigenvalue weighted by atomic mass is 79.9. The van der Waals surface area contributed by atoms with Crippen LogP contribution >= 0.6 is 15.9 Å². The molecule has 0 unspecified atom stereocenters. The molecule has 4 heteroatoms. The monoisotopic (exact) mass is 339 g/mol. The number of carbonyl (C=O) groups is 1. The van der Waals surface area contributed by atoms with Crippen LogP contribution in [0.25, 0.3) is 0 Å². The Labute approximate surface area is 129 Å². The molecule has 0 bridgehead atoms. The van der Waals surface area contributed by atoms with Gasteiger partial charge in [0.2, 0.25) is 0 Å². The molecular formula is C16H22BrNO2. The maximum absolute atomic E-state index is 12.2. The van der Waals surface area contributed by atoms with Gasteiger partial charge < -0.3 is 10.1 Å². The summed E-state index contributed by atoms with van der Waals surface area (Å²) in [6.45, 7) is 3.08. The molecule has 20 heavy (non-hydrogen) atoms. The number of ether oxygens (including phenoxy) is 1. The van der Waals surface area contributed by atoms with Crippen LogP contribution in [0.4, 0.5) is 0 Å². The van der Waals surface area contributed by atoms with E-state index in [0.29, 0.717) is 17.2 Å². The van der Waals surface area contributed by atoms with Gasteiger partial charge in [-0.05, 0) is 42.9 Å². The Hall–Kier alpha value is -1.03. The molecule has 1 N–H and O–H groups in total. The van der Waals surface area contributed by atoms with Crippen molar-refractivity contribution in [1.29, 1.82) is 0 Å². The number of halogens is 1. The molecule has 0 aromatic heterocycles. The van der Waals surface area contributed by atoms with E-state index in [0.717, 1.165) is 16.9 Å². The highest BCUT2D eigenvalue weighted by molar-refractivity contribution is 9.10. The van der Waals surface area contributed by atoms with Crippen LogP contribution in [-0.4, -0.2) is 19.6 Å². The standard InChI is InChI=1S/C16H22BrNO2/c1-11-3-5-12(6-4-11)10-18-16(19)14-8-7-13(17)9-15(14)20-2/h7-9,11-12H,3-6,10H2,1-2H3,(H,18,19). The molecule has 1 fully saturated rings. The summed E-state index contributed by atoms with van der Waals surface area (Å²) >= 11 is 3.38. The second-order valence-corrected chi connectivity index (χ2v) is 6.60. The number of carbonyl (C=O) groups excluding carboxylic acids is 1. The Balaban J connectivity index is 1.92. The molecule has 2 rings (SSSR count). The Morgan fingerprint density at radius 3 is 2.70 bits per heavy atom. The van der Waals surface area contributed by atoms with Gasteiger partial charge in [-0.15, -0.1) is 0 Å². The highest BCUT2D eigenvalue weighted by Gasteiger charge is 2.19. The second kappa shape index (κ2) is 7.11. The fraction of sp³-hybridized carbons (Fsp3) is 0.562. The summed E-state index contributed by atoms with van der Waals surface area (Å²) < 4.78 is 6.17. The van der Waals surface area contributed by atoms with E-state index in [9.17, 15) is 4.79 Å². The summed E-state index contributed by atoms with van der Waals surface area (Å²) in [5, 5.41) is 3.04. The number of hydrogen-bond donors (Lipinski definition) is 1. The quantitative estimate of drug-likeness (QED) is 0.899. The first-order valence-corrected chi connectivity index (χ1v) is 8.01. The average molecular weight is 340 g/mol. The van der Waals surface area contributed by atoms with E-state index in [4.69, 9.17) is 4.74 Å². The molecule has 0 aliphatic heterocycles. The zero-order valence-corrected chi connectivity index (χ0v) is 13.7. The largest absolute Gasteiger partial charge is 0.496 e. The summed E-state index contributed by atoms with van der Waals surface area (Å²) in [6.07, 6.45) is 5.00. The van der Waals surface area contributed by atoms with Crippen LogP contribution in [0.3, 0.4) is 0 Å².